The van der Waals surface area contributed by atoms with Crippen LogP contribution in [0.3, 0.4) is 0 Å². The van der Waals surface area contributed by atoms with Gasteiger partial charge in [0.05, 0.1) is 13.2 Å². The first kappa shape index (κ1) is 23.8. The summed E-state index contributed by atoms with van der Waals surface area (Å²) in [4.78, 5) is 23.1. The number of esters is 1. The summed E-state index contributed by atoms with van der Waals surface area (Å²) in [5.41, 5.74) is 6.24. The maximum Gasteiger partial charge on any atom is 0.305 e. The highest BCUT2D eigenvalue weighted by Gasteiger charge is 2.39. The molecule has 0 saturated heterocycles. The molecule has 0 spiro atoms. The molecule has 0 unspecified atom stereocenters. The van der Waals surface area contributed by atoms with E-state index in [0.717, 1.165) is 51.4 Å². The Morgan fingerprint density at radius 1 is 1.07 bits per heavy atom. The van der Waals surface area contributed by atoms with Crippen molar-refractivity contribution in [3.8, 4) is 0 Å². The van der Waals surface area contributed by atoms with Crippen LogP contribution in [0.4, 0.5) is 0 Å². The SMILES string of the molecule is CCCCCC(=O)CC[C@@H]1[C@@H](C/C=C\CCCCC(=O)OC)[C@@H](O)C[C@H]1N. The van der Waals surface area contributed by atoms with Crippen LogP contribution in [-0.2, 0) is 14.3 Å². The second kappa shape index (κ2) is 13.9. The third kappa shape index (κ3) is 9.52. The molecule has 1 aliphatic carbocycles. The molecule has 0 bridgehead atoms. The Balaban J connectivity index is 2.32. The van der Waals surface area contributed by atoms with Crippen molar-refractivity contribution in [1.29, 1.82) is 0 Å². The van der Waals surface area contributed by atoms with Gasteiger partial charge in [0.1, 0.15) is 5.78 Å². The zero-order chi connectivity index (χ0) is 20.1. The number of allylic oxidation sites excluding steroid dienone is 2. The quantitative estimate of drug-likeness (QED) is 0.270. The summed E-state index contributed by atoms with van der Waals surface area (Å²) in [5, 5.41) is 10.3. The van der Waals surface area contributed by atoms with Crippen molar-refractivity contribution in [2.24, 2.45) is 17.6 Å². The van der Waals surface area contributed by atoms with E-state index in [9.17, 15) is 14.7 Å². The molecule has 0 amide bonds. The summed E-state index contributed by atoms with van der Waals surface area (Å²) >= 11 is 0. The minimum atomic E-state index is -0.371. The van der Waals surface area contributed by atoms with Crippen molar-refractivity contribution in [2.45, 2.75) is 96.1 Å². The molecule has 0 aromatic carbocycles. The molecule has 4 atom stereocenters. The van der Waals surface area contributed by atoms with E-state index in [1.54, 1.807) is 0 Å². The van der Waals surface area contributed by atoms with E-state index >= 15 is 0 Å². The first-order chi connectivity index (χ1) is 13.0. The minimum absolute atomic E-state index is 0.0121. The third-order valence-electron chi connectivity index (χ3n) is 5.73. The first-order valence-electron chi connectivity index (χ1n) is 10.7. The van der Waals surface area contributed by atoms with Crippen molar-refractivity contribution in [2.75, 3.05) is 7.11 Å². The Hall–Kier alpha value is -1.20. The summed E-state index contributed by atoms with van der Waals surface area (Å²) in [7, 11) is 1.41. The smallest absolute Gasteiger partial charge is 0.305 e. The molecule has 0 radical (unpaired) electrons. The largest absolute Gasteiger partial charge is 0.469 e. The number of ketones is 1. The lowest BCUT2D eigenvalue weighted by Crippen LogP contribution is -2.28. The molecule has 1 rings (SSSR count). The Labute approximate surface area is 164 Å². The molecule has 5 nitrogen and oxygen atoms in total. The number of hydrogen-bond donors (Lipinski definition) is 2. The van der Waals surface area contributed by atoms with Crippen molar-refractivity contribution < 1.29 is 19.4 Å². The van der Waals surface area contributed by atoms with E-state index in [2.05, 4.69) is 23.8 Å². The van der Waals surface area contributed by atoms with Gasteiger partial charge in [0, 0.05) is 25.3 Å². The minimum Gasteiger partial charge on any atom is -0.469 e. The number of nitrogens with two attached hydrogens (primary N) is 1. The molecular weight excluding hydrogens is 342 g/mol. The number of unbranched alkanes of at least 4 members (excludes halogenated alkanes) is 4. The van der Waals surface area contributed by atoms with E-state index in [-0.39, 0.29) is 30.0 Å². The predicted octanol–water partition coefficient (Wildman–Crippen LogP) is 3.92. The van der Waals surface area contributed by atoms with Gasteiger partial charge in [-0.1, -0.05) is 31.9 Å². The topological polar surface area (TPSA) is 89.6 Å². The lowest BCUT2D eigenvalue weighted by atomic mass is 9.85. The van der Waals surface area contributed by atoms with Crippen LogP contribution in [0.15, 0.2) is 12.2 Å². The number of carbonyl (C=O) groups is 2. The molecule has 3 N–H and O–H groups in total. The predicted molar refractivity (Wildman–Crippen MR) is 108 cm³/mol. The lowest BCUT2D eigenvalue weighted by molar-refractivity contribution is -0.140. The molecule has 0 aliphatic heterocycles. The average molecular weight is 382 g/mol. The van der Waals surface area contributed by atoms with E-state index in [1.807, 2.05) is 0 Å². The van der Waals surface area contributed by atoms with Gasteiger partial charge in [-0.25, -0.2) is 0 Å². The van der Waals surface area contributed by atoms with Gasteiger partial charge < -0.3 is 15.6 Å². The fraction of sp³-hybridized carbons (Fsp3) is 0.818. The number of aliphatic hydroxyl groups is 1. The second-order valence-electron chi connectivity index (χ2n) is 7.86. The van der Waals surface area contributed by atoms with Crippen LogP contribution in [0.25, 0.3) is 0 Å². The molecule has 0 aromatic heterocycles. The van der Waals surface area contributed by atoms with E-state index in [0.29, 0.717) is 31.5 Å². The molecule has 0 aromatic rings. The van der Waals surface area contributed by atoms with Gasteiger partial charge in [0.15, 0.2) is 0 Å². The van der Waals surface area contributed by atoms with Gasteiger partial charge in [-0.05, 0) is 56.8 Å². The Morgan fingerprint density at radius 3 is 2.52 bits per heavy atom. The maximum absolute atomic E-state index is 12.0. The monoisotopic (exact) mass is 381 g/mol. The van der Waals surface area contributed by atoms with Crippen molar-refractivity contribution in [3.05, 3.63) is 12.2 Å². The Morgan fingerprint density at radius 2 is 1.81 bits per heavy atom. The molecular formula is C22H39NO4. The van der Waals surface area contributed by atoms with Crippen LogP contribution in [0.1, 0.15) is 84.0 Å². The highest BCUT2D eigenvalue weighted by Crippen LogP contribution is 2.37. The van der Waals surface area contributed by atoms with E-state index in [1.165, 1.54) is 7.11 Å². The molecule has 5 heteroatoms. The van der Waals surface area contributed by atoms with Gasteiger partial charge in [0.25, 0.3) is 0 Å². The molecule has 0 heterocycles. The van der Waals surface area contributed by atoms with Crippen LogP contribution in [0.5, 0.6) is 0 Å². The summed E-state index contributed by atoms with van der Waals surface area (Å²) in [6.45, 7) is 2.14. The van der Waals surface area contributed by atoms with Crippen LogP contribution >= 0.6 is 0 Å². The van der Waals surface area contributed by atoms with Gasteiger partial charge in [0.2, 0.25) is 0 Å². The highest BCUT2D eigenvalue weighted by atomic mass is 16.5. The fourth-order valence-corrected chi connectivity index (χ4v) is 4.02. The zero-order valence-corrected chi connectivity index (χ0v) is 17.2. The standard InChI is InChI=1S/C22H39NO4/c1-3-4-8-11-17(24)14-15-18-19(21(25)16-20(18)23)12-9-6-5-7-10-13-22(26)27-2/h6,9,18-21,25H,3-5,7-8,10-16,23H2,1-2H3/b9-6-/t18-,19-,20-,21+/m1/s1. The van der Waals surface area contributed by atoms with Gasteiger partial charge in [-0.2, -0.15) is 0 Å². The Kier molecular flexibility index (Phi) is 12.3. The van der Waals surface area contributed by atoms with Gasteiger partial charge in [-0.3, -0.25) is 9.59 Å². The summed E-state index contributed by atoms with van der Waals surface area (Å²) in [6.07, 6.45) is 13.8. The maximum atomic E-state index is 12.0. The number of rotatable bonds is 14. The number of aliphatic hydroxyl groups excluding tert-OH is 1. The van der Waals surface area contributed by atoms with Gasteiger partial charge in [-0.15, -0.1) is 0 Å². The molecule has 1 aliphatic rings. The van der Waals surface area contributed by atoms with E-state index in [4.69, 9.17) is 5.73 Å². The van der Waals surface area contributed by atoms with Crippen LogP contribution in [0, 0.1) is 11.8 Å². The van der Waals surface area contributed by atoms with Gasteiger partial charge >= 0.3 is 5.97 Å². The normalized spacial score (nSPS) is 25.2. The molecule has 156 valence electrons. The Bertz CT molecular complexity index is 463. The molecule has 1 fully saturated rings. The second-order valence-corrected chi connectivity index (χ2v) is 7.86. The van der Waals surface area contributed by atoms with Crippen LogP contribution in [-0.4, -0.2) is 36.1 Å². The zero-order valence-electron chi connectivity index (χ0n) is 17.2. The number of carbonyl (C=O) groups excluding carboxylic acids is 2. The summed E-state index contributed by atoms with van der Waals surface area (Å²) in [6, 6.07) is -0.0121. The number of Topliss-reactive ketones (excluding diaryl/α,β-unsaturated/α-hetero) is 1. The summed E-state index contributed by atoms with van der Waals surface area (Å²) in [5.74, 6) is 0.542. The number of ether oxygens (including phenoxy) is 1. The third-order valence-corrected chi connectivity index (χ3v) is 5.73. The number of methoxy groups -OCH3 is 1. The fourth-order valence-electron chi connectivity index (χ4n) is 4.02. The molecule has 27 heavy (non-hydrogen) atoms. The van der Waals surface area contributed by atoms with Crippen LogP contribution < -0.4 is 5.73 Å². The van der Waals surface area contributed by atoms with Crippen LogP contribution in [0.2, 0.25) is 0 Å². The van der Waals surface area contributed by atoms with Crippen molar-refractivity contribution >= 4 is 11.8 Å². The van der Waals surface area contributed by atoms with E-state index < -0.39 is 0 Å². The average Bonchev–Trinajstić information content (AvgIpc) is 2.91. The first-order valence-corrected chi connectivity index (χ1v) is 10.7. The summed E-state index contributed by atoms with van der Waals surface area (Å²) < 4.78 is 4.63. The van der Waals surface area contributed by atoms with Crippen molar-refractivity contribution in [3.63, 3.8) is 0 Å². The lowest BCUT2D eigenvalue weighted by Gasteiger charge is -2.22. The number of hydrogen-bond acceptors (Lipinski definition) is 5. The molecule has 1 saturated carbocycles. The highest BCUT2D eigenvalue weighted by molar-refractivity contribution is 5.78. The van der Waals surface area contributed by atoms with Crippen molar-refractivity contribution in [1.82, 2.24) is 0 Å².